The van der Waals surface area contributed by atoms with Gasteiger partial charge in [-0.3, -0.25) is 19.2 Å². The Morgan fingerprint density at radius 1 is 0.550 bits per heavy atom. The average Bonchev–Trinajstić information content (AvgIpc) is 3.72. The van der Waals surface area contributed by atoms with Crippen molar-refractivity contribution in [1.29, 1.82) is 0 Å². The van der Waals surface area contributed by atoms with Gasteiger partial charge in [0.1, 0.15) is 0 Å². The first-order valence-corrected chi connectivity index (χ1v) is 14.2. The van der Waals surface area contributed by atoms with Crippen molar-refractivity contribution in [3.8, 4) is 40.4 Å². The minimum Gasteiger partial charge on any atom is -0.366 e. The van der Waals surface area contributed by atoms with Crippen molar-refractivity contribution in [1.82, 2.24) is 0 Å². The Kier molecular flexibility index (Phi) is 6.10. The van der Waals surface area contributed by atoms with Gasteiger partial charge >= 0.3 is 5.92 Å². The molecule has 3 heterocycles. The predicted molar refractivity (Wildman–Crippen MR) is 152 cm³/mol. The predicted octanol–water partition coefficient (Wildman–Crippen LogP) is 6.75. The van der Waals surface area contributed by atoms with Crippen LogP contribution in [0.1, 0.15) is 41.4 Å². The zero-order valence-electron chi connectivity index (χ0n) is 20.2. The first-order valence-electron chi connectivity index (χ1n) is 11.7. The molecule has 0 unspecified atom stereocenters. The van der Waals surface area contributed by atoms with Crippen molar-refractivity contribution in [2.75, 3.05) is 0 Å². The van der Waals surface area contributed by atoms with Gasteiger partial charge in [0.15, 0.2) is 0 Å². The Bertz CT molecular complexity index is 1730. The number of amides is 2. The molecule has 11 heteroatoms. The first-order chi connectivity index (χ1) is 19.1. The molecule has 6 nitrogen and oxygen atoms in total. The summed E-state index contributed by atoms with van der Waals surface area (Å²) >= 11 is 3.71. The van der Waals surface area contributed by atoms with Gasteiger partial charge in [-0.2, -0.15) is 8.78 Å². The average molecular weight is 591 g/mol. The second-order valence-corrected chi connectivity index (χ2v) is 12.1. The molecule has 198 valence electrons. The van der Waals surface area contributed by atoms with Gasteiger partial charge in [-0.1, -0.05) is 24.3 Å². The Morgan fingerprint density at radius 3 is 1.25 bits per heavy atom. The van der Waals surface area contributed by atoms with Crippen molar-refractivity contribution in [2.45, 2.75) is 5.92 Å². The number of thiophene rings is 3. The third kappa shape index (κ3) is 4.10. The second-order valence-electron chi connectivity index (χ2n) is 8.95. The SMILES string of the molecule is NC(=O)c1ccc(-c2ccc(-c3sc(-c4ccc(-c5ccc(C(N)=O)cc5)s4)c4c3C(=O)C(F)(F)C4=O)s2)cc1. The zero-order chi connectivity index (χ0) is 28.3. The maximum absolute atomic E-state index is 14.7. The fourth-order valence-electron chi connectivity index (χ4n) is 4.46. The Labute approximate surface area is 237 Å². The number of alkyl halides is 2. The lowest BCUT2D eigenvalue weighted by molar-refractivity contribution is 0.0189. The highest BCUT2D eigenvalue weighted by Gasteiger charge is 2.58. The number of rotatable bonds is 6. The molecule has 0 saturated heterocycles. The number of fused-ring (bicyclic) bond motifs is 1. The number of hydrogen-bond donors (Lipinski definition) is 2. The number of ketones is 2. The molecule has 2 aromatic carbocycles. The molecular weight excluding hydrogens is 575 g/mol. The van der Waals surface area contributed by atoms with Crippen molar-refractivity contribution < 1.29 is 28.0 Å². The van der Waals surface area contributed by atoms with Crippen molar-refractivity contribution in [3.63, 3.8) is 0 Å². The van der Waals surface area contributed by atoms with Crippen LogP contribution in [0.2, 0.25) is 0 Å². The number of carbonyl (C=O) groups is 4. The molecule has 3 aromatic heterocycles. The fourth-order valence-corrected chi connectivity index (χ4v) is 8.01. The van der Waals surface area contributed by atoms with Gasteiger partial charge in [-0.05, 0) is 59.7 Å². The van der Waals surface area contributed by atoms with Crippen LogP contribution in [0, 0.1) is 0 Å². The highest BCUT2D eigenvalue weighted by atomic mass is 32.1. The summed E-state index contributed by atoms with van der Waals surface area (Å²) < 4.78 is 29.5. The van der Waals surface area contributed by atoms with Gasteiger partial charge in [0.05, 0.1) is 20.9 Å². The van der Waals surface area contributed by atoms with Crippen LogP contribution in [-0.2, 0) is 0 Å². The molecule has 0 spiro atoms. The molecule has 1 aliphatic rings. The molecule has 4 N–H and O–H groups in total. The number of halogens is 2. The van der Waals surface area contributed by atoms with Crippen LogP contribution >= 0.6 is 34.0 Å². The summed E-state index contributed by atoms with van der Waals surface area (Å²) in [4.78, 5) is 51.7. The van der Waals surface area contributed by atoms with E-state index in [1.54, 1.807) is 72.8 Å². The topological polar surface area (TPSA) is 120 Å². The molecule has 0 saturated carbocycles. The molecule has 1 aliphatic carbocycles. The van der Waals surface area contributed by atoms with Crippen LogP contribution in [0.25, 0.3) is 40.4 Å². The summed E-state index contributed by atoms with van der Waals surface area (Å²) in [6.07, 6.45) is 0. The van der Waals surface area contributed by atoms with Crippen LogP contribution in [-0.4, -0.2) is 29.3 Å². The molecule has 0 aliphatic heterocycles. The quantitative estimate of drug-likeness (QED) is 0.213. The zero-order valence-corrected chi connectivity index (χ0v) is 22.6. The lowest BCUT2D eigenvalue weighted by Crippen LogP contribution is -2.30. The highest BCUT2D eigenvalue weighted by Crippen LogP contribution is 2.53. The molecule has 0 bridgehead atoms. The normalized spacial score (nSPS) is 13.9. The summed E-state index contributed by atoms with van der Waals surface area (Å²) in [5.74, 6) is -8.22. The molecular formula is C29H16F2N2O4S3. The van der Waals surface area contributed by atoms with E-state index in [1.807, 2.05) is 0 Å². The largest absolute Gasteiger partial charge is 0.371 e. The first kappa shape index (κ1) is 25.9. The third-order valence-corrected chi connectivity index (χ3v) is 10.3. The molecule has 0 fully saturated rings. The Hall–Kier alpha value is -4.32. The van der Waals surface area contributed by atoms with Crippen molar-refractivity contribution in [3.05, 3.63) is 95.1 Å². The molecule has 40 heavy (non-hydrogen) atoms. The van der Waals surface area contributed by atoms with Gasteiger partial charge < -0.3 is 11.5 Å². The summed E-state index contributed by atoms with van der Waals surface area (Å²) in [5, 5.41) is 0. The lowest BCUT2D eigenvalue weighted by atomic mass is 10.1. The molecule has 6 rings (SSSR count). The number of benzene rings is 2. The van der Waals surface area contributed by atoms with E-state index in [1.165, 1.54) is 22.7 Å². The maximum Gasteiger partial charge on any atom is 0.371 e. The minimum absolute atomic E-state index is 0.256. The minimum atomic E-state index is -4.13. The van der Waals surface area contributed by atoms with E-state index in [9.17, 15) is 28.0 Å². The van der Waals surface area contributed by atoms with Crippen LogP contribution < -0.4 is 11.5 Å². The summed E-state index contributed by atoms with van der Waals surface area (Å²) in [6.45, 7) is 0. The van der Waals surface area contributed by atoms with Gasteiger partial charge in [-0.25, -0.2) is 0 Å². The lowest BCUT2D eigenvalue weighted by Gasteiger charge is -2.05. The molecule has 5 aromatic rings. The van der Waals surface area contributed by atoms with E-state index < -0.39 is 29.3 Å². The van der Waals surface area contributed by atoms with Crippen LogP contribution in [0.5, 0.6) is 0 Å². The maximum atomic E-state index is 14.7. The van der Waals surface area contributed by atoms with Crippen LogP contribution in [0.3, 0.4) is 0 Å². The van der Waals surface area contributed by atoms with Crippen molar-refractivity contribution in [2.24, 2.45) is 11.5 Å². The Balaban J connectivity index is 1.43. The van der Waals surface area contributed by atoms with E-state index in [4.69, 9.17) is 11.5 Å². The highest BCUT2D eigenvalue weighted by molar-refractivity contribution is 7.28. The number of hydrogen-bond acceptors (Lipinski definition) is 7. The summed E-state index contributed by atoms with van der Waals surface area (Å²) in [5.41, 5.74) is 12.4. The summed E-state index contributed by atoms with van der Waals surface area (Å²) in [7, 11) is 0. The molecule has 0 atom stereocenters. The van der Waals surface area contributed by atoms with Crippen LogP contribution in [0.4, 0.5) is 8.78 Å². The number of nitrogens with two attached hydrogens (primary N) is 2. The van der Waals surface area contributed by atoms with E-state index >= 15 is 0 Å². The smallest absolute Gasteiger partial charge is 0.366 e. The van der Waals surface area contributed by atoms with E-state index in [-0.39, 0.29) is 11.1 Å². The van der Waals surface area contributed by atoms with Crippen LogP contribution in [0.15, 0.2) is 72.8 Å². The fraction of sp³-hybridized carbons (Fsp3) is 0.0345. The number of primary amides is 2. The van der Waals surface area contributed by atoms with E-state index in [0.29, 0.717) is 30.6 Å². The number of carbonyl (C=O) groups excluding carboxylic acids is 4. The summed E-state index contributed by atoms with van der Waals surface area (Å²) in [6, 6.07) is 20.3. The second kappa shape index (κ2) is 9.40. The van der Waals surface area contributed by atoms with Gasteiger partial charge in [0, 0.05) is 30.6 Å². The Morgan fingerprint density at radius 2 is 0.900 bits per heavy atom. The van der Waals surface area contributed by atoms with Crippen molar-refractivity contribution >= 4 is 57.4 Å². The van der Waals surface area contributed by atoms with E-state index in [2.05, 4.69) is 0 Å². The van der Waals surface area contributed by atoms with Gasteiger partial charge in [-0.15, -0.1) is 34.0 Å². The van der Waals surface area contributed by atoms with Gasteiger partial charge in [0.2, 0.25) is 23.4 Å². The monoisotopic (exact) mass is 590 g/mol. The molecule has 0 radical (unpaired) electrons. The third-order valence-electron chi connectivity index (χ3n) is 6.50. The number of Topliss-reactive ketones (excluding diaryl/α,β-unsaturated/α-hetero) is 2. The molecule has 2 amide bonds. The standard InChI is InChI=1S/C29H16F2N2O4S3/c30-29(31)25(34)21-22(26(29)35)24(20-12-10-18(39-20)14-3-7-16(8-4-14)28(33)37)40-23(21)19-11-9-17(38-19)13-1-5-15(6-2-13)27(32)36/h1-12H,(H2,32,36)(H2,33,37). The van der Waals surface area contributed by atoms with E-state index in [0.717, 1.165) is 32.2 Å². The van der Waals surface area contributed by atoms with Gasteiger partial charge in [0.25, 0.3) is 0 Å².